The Morgan fingerprint density at radius 1 is 1.47 bits per heavy atom. The van der Waals surface area contributed by atoms with Gasteiger partial charge >= 0.3 is 5.97 Å². The highest BCUT2D eigenvalue weighted by Gasteiger charge is 2.28. The normalized spacial score (nSPS) is 13.1. The van der Waals surface area contributed by atoms with Crippen LogP contribution in [0.2, 0.25) is 0 Å². The molecule has 6 heteroatoms. The van der Waals surface area contributed by atoms with Crippen molar-refractivity contribution in [3.05, 3.63) is 0 Å². The van der Waals surface area contributed by atoms with Crippen LogP contribution in [0.5, 0.6) is 0 Å². The smallest absolute Gasteiger partial charge is 0.307 e. The molecule has 17 heavy (non-hydrogen) atoms. The van der Waals surface area contributed by atoms with Crippen LogP contribution in [-0.4, -0.2) is 34.7 Å². The van der Waals surface area contributed by atoms with Gasteiger partial charge in [-0.3, -0.25) is 9.59 Å². The van der Waals surface area contributed by atoms with Gasteiger partial charge in [-0.2, -0.15) is 0 Å². The van der Waals surface area contributed by atoms with E-state index in [2.05, 4.69) is 0 Å². The Labute approximate surface area is 110 Å². The summed E-state index contributed by atoms with van der Waals surface area (Å²) in [5, 5.41) is 8.77. The Hall–Kier alpha value is -0.360. The van der Waals surface area contributed by atoms with E-state index in [0.717, 1.165) is 12.8 Å². The zero-order chi connectivity index (χ0) is 13.3. The molecule has 0 bridgehead atoms. The van der Waals surface area contributed by atoms with Gasteiger partial charge < -0.3 is 9.84 Å². The van der Waals surface area contributed by atoms with Gasteiger partial charge in [0, 0.05) is 5.75 Å². The molecule has 0 saturated carbocycles. The molecule has 0 aliphatic heterocycles. The second kappa shape index (κ2) is 8.69. The first-order valence-electron chi connectivity index (χ1n) is 5.60. The molecule has 0 saturated heterocycles. The molecule has 0 aromatic heterocycles. The highest BCUT2D eigenvalue weighted by atomic mass is 33.1. The number of aliphatic carboxylic acids is 1. The lowest BCUT2D eigenvalue weighted by Gasteiger charge is -2.29. The highest BCUT2D eigenvalue weighted by Crippen LogP contribution is 2.41. The van der Waals surface area contributed by atoms with Gasteiger partial charge in [-0.15, -0.1) is 0 Å². The largest absolute Gasteiger partial charge is 0.481 e. The van der Waals surface area contributed by atoms with Crippen LogP contribution in [0.4, 0.5) is 0 Å². The van der Waals surface area contributed by atoms with Crippen LogP contribution >= 0.6 is 21.6 Å². The van der Waals surface area contributed by atoms with Gasteiger partial charge in [0.05, 0.1) is 10.7 Å². The van der Waals surface area contributed by atoms with Gasteiger partial charge in [-0.05, 0) is 12.8 Å². The van der Waals surface area contributed by atoms with E-state index < -0.39 is 5.97 Å². The summed E-state index contributed by atoms with van der Waals surface area (Å²) in [6, 6.07) is 0. The summed E-state index contributed by atoms with van der Waals surface area (Å²) in [7, 11) is 3.16. The number of hydrogen-bond donors (Lipinski definition) is 1. The Balaban J connectivity index is 4.16. The Morgan fingerprint density at radius 2 is 2.06 bits per heavy atom. The molecule has 0 unspecified atom stereocenters. The van der Waals surface area contributed by atoms with Gasteiger partial charge in [-0.1, -0.05) is 42.4 Å². The van der Waals surface area contributed by atoms with Crippen molar-refractivity contribution in [2.45, 2.75) is 38.4 Å². The number of carboxylic acid groups (broad SMARTS) is 1. The minimum atomic E-state index is -0.777. The quantitative estimate of drug-likeness (QED) is 0.490. The SMILES string of the molecule is CCC(CC)(COC=O)SSC[C@H](C)C(=O)O. The molecule has 1 atom stereocenters. The molecule has 0 heterocycles. The molecular formula is C11H20O4S2. The second-order valence-corrected chi connectivity index (χ2v) is 6.71. The highest BCUT2D eigenvalue weighted by molar-refractivity contribution is 8.77. The van der Waals surface area contributed by atoms with Gasteiger partial charge in [-0.25, -0.2) is 0 Å². The molecule has 0 spiro atoms. The summed E-state index contributed by atoms with van der Waals surface area (Å²) >= 11 is 0. The fraction of sp³-hybridized carbons (Fsp3) is 0.818. The number of hydrogen-bond acceptors (Lipinski definition) is 5. The fourth-order valence-corrected chi connectivity index (χ4v) is 4.55. The van der Waals surface area contributed by atoms with Gasteiger partial charge in [0.25, 0.3) is 6.47 Å². The third kappa shape index (κ3) is 6.21. The third-order valence-corrected chi connectivity index (χ3v) is 6.30. The number of ether oxygens (including phenoxy) is 1. The Bertz CT molecular complexity index is 242. The zero-order valence-corrected chi connectivity index (χ0v) is 12.1. The molecule has 4 nitrogen and oxygen atoms in total. The lowest BCUT2D eigenvalue weighted by Crippen LogP contribution is -2.28. The fourth-order valence-electron chi connectivity index (χ4n) is 1.11. The van der Waals surface area contributed by atoms with Crippen LogP contribution in [0, 0.1) is 5.92 Å². The van der Waals surface area contributed by atoms with E-state index in [1.807, 2.05) is 13.8 Å². The maximum atomic E-state index is 10.7. The van der Waals surface area contributed by atoms with Crippen molar-refractivity contribution in [2.24, 2.45) is 5.92 Å². The van der Waals surface area contributed by atoms with E-state index in [-0.39, 0.29) is 10.7 Å². The number of rotatable bonds is 10. The first-order valence-corrected chi connectivity index (χ1v) is 7.92. The molecular weight excluding hydrogens is 260 g/mol. The molecule has 100 valence electrons. The summed E-state index contributed by atoms with van der Waals surface area (Å²) < 4.78 is 4.75. The van der Waals surface area contributed by atoms with Crippen LogP contribution < -0.4 is 0 Å². The standard InChI is InChI=1S/C11H20O4S2/c1-4-11(5-2,7-15-8-12)17-16-6-9(3)10(13)14/h8-9H,4-7H2,1-3H3,(H,13,14)/t9-/m0/s1. The van der Waals surface area contributed by atoms with Crippen LogP contribution in [0.25, 0.3) is 0 Å². The molecule has 0 aliphatic rings. The molecule has 0 rings (SSSR count). The molecule has 0 aliphatic carbocycles. The summed E-state index contributed by atoms with van der Waals surface area (Å²) in [5.41, 5.74) is 0. The van der Waals surface area contributed by atoms with E-state index in [1.165, 1.54) is 10.8 Å². The number of carbonyl (C=O) groups excluding carboxylic acids is 1. The van der Waals surface area contributed by atoms with Crippen molar-refractivity contribution in [2.75, 3.05) is 12.4 Å². The summed E-state index contributed by atoms with van der Waals surface area (Å²) in [5.74, 6) is -0.574. The maximum absolute atomic E-state index is 10.7. The molecule has 0 radical (unpaired) electrons. The molecule has 0 aromatic rings. The maximum Gasteiger partial charge on any atom is 0.307 e. The minimum Gasteiger partial charge on any atom is -0.481 e. The first kappa shape index (κ1) is 16.6. The number of carbonyl (C=O) groups is 2. The topological polar surface area (TPSA) is 63.6 Å². The van der Waals surface area contributed by atoms with E-state index in [1.54, 1.807) is 17.7 Å². The lowest BCUT2D eigenvalue weighted by atomic mass is 10.0. The zero-order valence-electron chi connectivity index (χ0n) is 10.5. The Morgan fingerprint density at radius 3 is 2.47 bits per heavy atom. The molecule has 1 N–H and O–H groups in total. The molecule has 0 amide bonds. The lowest BCUT2D eigenvalue weighted by molar-refractivity contribution is -0.140. The number of carboxylic acids is 1. The van der Waals surface area contributed by atoms with Crippen molar-refractivity contribution in [1.82, 2.24) is 0 Å². The van der Waals surface area contributed by atoms with Gasteiger partial charge in [0.1, 0.15) is 6.61 Å². The second-order valence-electron chi connectivity index (χ2n) is 3.90. The first-order chi connectivity index (χ1) is 8.01. The van der Waals surface area contributed by atoms with Crippen molar-refractivity contribution in [3.63, 3.8) is 0 Å². The summed E-state index contributed by atoms with van der Waals surface area (Å²) in [6.07, 6.45) is 1.77. The monoisotopic (exact) mass is 280 g/mol. The van der Waals surface area contributed by atoms with E-state index in [4.69, 9.17) is 9.84 Å². The minimum absolute atomic E-state index is 0.107. The van der Waals surface area contributed by atoms with Crippen molar-refractivity contribution < 1.29 is 19.4 Å². The molecule has 0 aromatic carbocycles. The molecule has 0 fully saturated rings. The predicted molar refractivity (Wildman–Crippen MR) is 72.2 cm³/mol. The van der Waals surface area contributed by atoms with Crippen LogP contribution in [0.15, 0.2) is 0 Å². The van der Waals surface area contributed by atoms with E-state index in [9.17, 15) is 9.59 Å². The van der Waals surface area contributed by atoms with Crippen molar-refractivity contribution in [3.8, 4) is 0 Å². The predicted octanol–water partition coefficient (Wildman–Crippen LogP) is 2.82. The van der Waals surface area contributed by atoms with E-state index in [0.29, 0.717) is 18.8 Å². The average Bonchev–Trinajstić information content (AvgIpc) is 2.33. The van der Waals surface area contributed by atoms with E-state index >= 15 is 0 Å². The summed E-state index contributed by atoms with van der Waals surface area (Å²) in [4.78, 5) is 20.9. The van der Waals surface area contributed by atoms with Crippen LogP contribution in [-0.2, 0) is 14.3 Å². The third-order valence-electron chi connectivity index (χ3n) is 2.68. The van der Waals surface area contributed by atoms with Crippen molar-refractivity contribution in [1.29, 1.82) is 0 Å². The van der Waals surface area contributed by atoms with Gasteiger partial charge in [0.2, 0.25) is 0 Å². The summed E-state index contributed by atoms with van der Waals surface area (Å²) in [6.45, 7) is 6.63. The van der Waals surface area contributed by atoms with Crippen molar-refractivity contribution >= 4 is 34.0 Å². The average molecular weight is 280 g/mol. The Kier molecular flexibility index (Phi) is 8.51. The van der Waals surface area contributed by atoms with Crippen LogP contribution in [0.1, 0.15) is 33.6 Å². The van der Waals surface area contributed by atoms with Crippen LogP contribution in [0.3, 0.4) is 0 Å². The van der Waals surface area contributed by atoms with Gasteiger partial charge in [0.15, 0.2) is 0 Å².